The van der Waals surface area contributed by atoms with E-state index < -0.39 is 0 Å². The molecule has 2 aromatic carbocycles. The van der Waals surface area contributed by atoms with Crippen molar-refractivity contribution in [3.05, 3.63) is 59.9 Å². The lowest BCUT2D eigenvalue weighted by atomic mass is 10.0. The number of benzene rings is 2. The summed E-state index contributed by atoms with van der Waals surface area (Å²) >= 11 is 1.62. The Morgan fingerprint density at radius 3 is 2.62 bits per heavy atom. The Balaban J connectivity index is 2.33. The Morgan fingerprint density at radius 1 is 1.19 bits per heavy atom. The third-order valence-corrected chi connectivity index (χ3v) is 4.83. The molecule has 0 radical (unpaired) electrons. The van der Waals surface area contributed by atoms with Gasteiger partial charge in [0, 0.05) is 16.2 Å². The Morgan fingerprint density at radius 2 is 1.95 bits per heavy atom. The minimum Gasteiger partial charge on any atom is -0.496 e. The van der Waals surface area contributed by atoms with Crippen LogP contribution in [0.1, 0.15) is 24.2 Å². The maximum atomic E-state index is 13.5. The summed E-state index contributed by atoms with van der Waals surface area (Å²) in [5.41, 5.74) is 7.16. The van der Waals surface area contributed by atoms with Gasteiger partial charge in [0.05, 0.1) is 7.11 Å². The number of halogens is 1. The number of hydrogen-bond donors (Lipinski definition) is 1. The van der Waals surface area contributed by atoms with E-state index in [1.165, 1.54) is 6.07 Å². The molecular weight excluding hydrogens is 285 g/mol. The number of nitrogens with two attached hydrogens (primary N) is 1. The summed E-state index contributed by atoms with van der Waals surface area (Å²) < 4.78 is 18.9. The molecule has 0 spiro atoms. The maximum Gasteiger partial charge on any atom is 0.132 e. The van der Waals surface area contributed by atoms with Gasteiger partial charge in [0.2, 0.25) is 0 Å². The van der Waals surface area contributed by atoms with E-state index in [1.54, 1.807) is 31.0 Å². The summed E-state index contributed by atoms with van der Waals surface area (Å²) in [4.78, 5) is 1.01. The maximum absolute atomic E-state index is 13.5. The lowest BCUT2D eigenvalue weighted by Gasteiger charge is -2.23. The van der Waals surface area contributed by atoms with Crippen LogP contribution in [0, 0.1) is 5.82 Å². The van der Waals surface area contributed by atoms with Crippen LogP contribution in [-0.2, 0) is 0 Å². The second-order valence-electron chi connectivity index (χ2n) is 4.82. The van der Waals surface area contributed by atoms with Crippen LogP contribution in [-0.4, -0.2) is 13.2 Å². The predicted octanol–water partition coefficient (Wildman–Crippen LogP) is 4.41. The van der Waals surface area contributed by atoms with Gasteiger partial charge < -0.3 is 10.5 Å². The Labute approximate surface area is 129 Å². The lowest BCUT2D eigenvalue weighted by Crippen LogP contribution is -2.25. The van der Waals surface area contributed by atoms with E-state index >= 15 is 0 Å². The molecule has 2 N–H and O–H groups in total. The van der Waals surface area contributed by atoms with Crippen LogP contribution in [0.25, 0.3) is 0 Å². The Bertz CT molecular complexity index is 591. The highest BCUT2D eigenvalue weighted by Gasteiger charge is 2.21. The van der Waals surface area contributed by atoms with Crippen molar-refractivity contribution in [1.82, 2.24) is 0 Å². The Kier molecular flexibility index (Phi) is 5.65. The van der Waals surface area contributed by atoms with Crippen molar-refractivity contribution in [3.63, 3.8) is 0 Å². The quantitative estimate of drug-likeness (QED) is 0.803. The van der Waals surface area contributed by atoms with E-state index in [1.807, 2.05) is 37.3 Å². The van der Waals surface area contributed by atoms with E-state index in [9.17, 15) is 4.39 Å². The minimum absolute atomic E-state index is 0.0120. The number of ether oxygens (including phenoxy) is 1. The highest BCUT2D eigenvalue weighted by Crippen LogP contribution is 2.42. The summed E-state index contributed by atoms with van der Waals surface area (Å²) in [7, 11) is 1.65. The first-order chi connectivity index (χ1) is 10.2. The van der Waals surface area contributed by atoms with Crippen LogP contribution in [0.2, 0.25) is 0 Å². The van der Waals surface area contributed by atoms with E-state index in [-0.39, 0.29) is 17.1 Å². The van der Waals surface area contributed by atoms with Gasteiger partial charge in [-0.1, -0.05) is 31.2 Å². The second-order valence-corrected chi connectivity index (χ2v) is 6.00. The molecule has 0 fully saturated rings. The smallest absolute Gasteiger partial charge is 0.132 e. The fourth-order valence-electron chi connectivity index (χ4n) is 2.15. The van der Waals surface area contributed by atoms with Crippen LogP contribution in [0.15, 0.2) is 53.4 Å². The molecule has 0 bridgehead atoms. The first kappa shape index (κ1) is 15.9. The number of thioether (sulfide) groups is 1. The molecule has 21 heavy (non-hydrogen) atoms. The SMILES string of the molecule is CCC(N)C(Sc1ccccc1OC)c1cccc(F)c1. The first-order valence-corrected chi connectivity index (χ1v) is 7.84. The molecule has 0 aromatic heterocycles. The molecule has 2 atom stereocenters. The van der Waals surface area contributed by atoms with Gasteiger partial charge in [-0.05, 0) is 36.2 Å². The van der Waals surface area contributed by atoms with Crippen molar-refractivity contribution in [2.45, 2.75) is 29.5 Å². The highest BCUT2D eigenvalue weighted by atomic mass is 32.2. The molecule has 0 heterocycles. The second kappa shape index (κ2) is 7.48. The molecule has 0 aliphatic heterocycles. The van der Waals surface area contributed by atoms with Crippen molar-refractivity contribution < 1.29 is 9.13 Å². The highest BCUT2D eigenvalue weighted by molar-refractivity contribution is 7.99. The molecule has 2 rings (SSSR count). The normalized spacial score (nSPS) is 13.7. The first-order valence-electron chi connectivity index (χ1n) is 6.96. The number of methoxy groups -OCH3 is 1. The van der Waals surface area contributed by atoms with Crippen molar-refractivity contribution in [2.24, 2.45) is 5.73 Å². The topological polar surface area (TPSA) is 35.2 Å². The van der Waals surface area contributed by atoms with Gasteiger partial charge in [0.25, 0.3) is 0 Å². The average Bonchev–Trinajstić information content (AvgIpc) is 2.52. The summed E-state index contributed by atoms with van der Waals surface area (Å²) in [5.74, 6) is 0.577. The monoisotopic (exact) mass is 305 g/mol. The molecule has 0 saturated carbocycles. The Hall–Kier alpha value is -1.52. The third kappa shape index (κ3) is 3.99. The zero-order valence-electron chi connectivity index (χ0n) is 12.3. The largest absolute Gasteiger partial charge is 0.496 e. The molecule has 0 saturated heterocycles. The molecule has 2 aromatic rings. The van der Waals surface area contributed by atoms with Crippen LogP contribution in [0.3, 0.4) is 0 Å². The zero-order valence-corrected chi connectivity index (χ0v) is 13.1. The standard InChI is InChI=1S/C17H20FNOS/c1-3-14(19)17(12-7-6-8-13(18)11-12)21-16-10-5-4-9-15(16)20-2/h4-11,14,17H,3,19H2,1-2H3. The van der Waals surface area contributed by atoms with E-state index in [0.29, 0.717) is 0 Å². The van der Waals surface area contributed by atoms with Crippen molar-refractivity contribution in [3.8, 4) is 5.75 Å². The summed E-state index contributed by atoms with van der Waals surface area (Å²) in [6.07, 6.45) is 0.823. The predicted molar refractivity (Wildman–Crippen MR) is 86.3 cm³/mol. The van der Waals surface area contributed by atoms with Crippen LogP contribution in [0.5, 0.6) is 5.75 Å². The summed E-state index contributed by atoms with van der Waals surface area (Å²) in [5, 5.41) is -0.0120. The molecule has 0 aliphatic carbocycles. The van der Waals surface area contributed by atoms with Crippen LogP contribution >= 0.6 is 11.8 Å². The van der Waals surface area contributed by atoms with Gasteiger partial charge in [-0.2, -0.15) is 0 Å². The van der Waals surface area contributed by atoms with Gasteiger partial charge in [-0.25, -0.2) is 4.39 Å². The summed E-state index contributed by atoms with van der Waals surface area (Å²) in [6.45, 7) is 2.04. The van der Waals surface area contributed by atoms with Gasteiger partial charge in [0.15, 0.2) is 0 Å². The van der Waals surface area contributed by atoms with Crippen LogP contribution < -0.4 is 10.5 Å². The van der Waals surface area contributed by atoms with Gasteiger partial charge >= 0.3 is 0 Å². The fraction of sp³-hybridized carbons (Fsp3) is 0.294. The summed E-state index contributed by atoms with van der Waals surface area (Å²) in [6, 6.07) is 14.4. The number of hydrogen-bond acceptors (Lipinski definition) is 3. The molecule has 2 unspecified atom stereocenters. The van der Waals surface area contributed by atoms with Crippen molar-refractivity contribution in [1.29, 1.82) is 0 Å². The van der Waals surface area contributed by atoms with Gasteiger partial charge in [0.1, 0.15) is 11.6 Å². The van der Waals surface area contributed by atoms with Crippen molar-refractivity contribution >= 4 is 11.8 Å². The zero-order chi connectivity index (χ0) is 15.2. The van der Waals surface area contributed by atoms with Crippen molar-refractivity contribution in [2.75, 3.05) is 7.11 Å². The number of para-hydroxylation sites is 1. The van der Waals surface area contributed by atoms with Gasteiger partial charge in [-0.3, -0.25) is 0 Å². The molecule has 2 nitrogen and oxygen atoms in total. The van der Waals surface area contributed by atoms with E-state index in [4.69, 9.17) is 10.5 Å². The number of rotatable bonds is 6. The molecule has 0 aliphatic rings. The van der Waals surface area contributed by atoms with Gasteiger partial charge in [-0.15, -0.1) is 11.8 Å². The molecule has 4 heteroatoms. The molecule has 112 valence electrons. The third-order valence-electron chi connectivity index (χ3n) is 3.36. The lowest BCUT2D eigenvalue weighted by molar-refractivity contribution is 0.404. The average molecular weight is 305 g/mol. The van der Waals surface area contributed by atoms with E-state index in [2.05, 4.69) is 0 Å². The molecular formula is C17H20FNOS. The fourth-order valence-corrected chi connectivity index (χ4v) is 3.50. The van der Waals surface area contributed by atoms with E-state index in [0.717, 1.165) is 22.6 Å². The van der Waals surface area contributed by atoms with Crippen LogP contribution in [0.4, 0.5) is 4.39 Å². The molecule has 0 amide bonds. The minimum atomic E-state index is -0.235.